The van der Waals surface area contributed by atoms with Gasteiger partial charge in [0.05, 0.1) is 10.5 Å². The van der Waals surface area contributed by atoms with Crippen molar-refractivity contribution in [3.05, 3.63) is 53.6 Å². The molecule has 3 rings (SSSR count). The maximum absolute atomic E-state index is 13.4. The van der Waals surface area contributed by atoms with Crippen molar-refractivity contribution in [1.29, 1.82) is 0 Å². The quantitative estimate of drug-likeness (QED) is 0.478. The van der Waals surface area contributed by atoms with Crippen LogP contribution in [-0.2, 0) is 9.53 Å². The molecule has 8 nitrogen and oxygen atoms in total. The molecule has 0 unspecified atom stereocenters. The van der Waals surface area contributed by atoms with Crippen molar-refractivity contribution in [1.82, 2.24) is 15.3 Å². The zero-order valence-corrected chi connectivity index (χ0v) is 18.6. The van der Waals surface area contributed by atoms with Gasteiger partial charge in [0, 0.05) is 29.7 Å². The summed E-state index contributed by atoms with van der Waals surface area (Å²) in [7, 11) is 0. The Kier molecular flexibility index (Phi) is 7.09. The van der Waals surface area contributed by atoms with Crippen molar-refractivity contribution >= 4 is 51.7 Å². The molecule has 0 saturated carbocycles. The van der Waals surface area contributed by atoms with E-state index in [-0.39, 0.29) is 23.9 Å². The van der Waals surface area contributed by atoms with Gasteiger partial charge < -0.3 is 20.7 Å². The minimum Gasteiger partial charge on any atom is -0.444 e. The van der Waals surface area contributed by atoms with Crippen LogP contribution in [0, 0.1) is 5.82 Å². The molecule has 3 N–H and O–H groups in total. The van der Waals surface area contributed by atoms with Gasteiger partial charge in [0.15, 0.2) is 0 Å². The molecule has 0 aliphatic rings. The summed E-state index contributed by atoms with van der Waals surface area (Å²) in [6.45, 7) is 5.42. The first-order valence-electron chi connectivity index (χ1n) is 9.84. The van der Waals surface area contributed by atoms with E-state index >= 15 is 0 Å². The van der Waals surface area contributed by atoms with Gasteiger partial charge in [-0.15, -0.1) is 0 Å². The molecular weight excluding hydrogens is 437 g/mol. The average Bonchev–Trinajstić information content (AvgIpc) is 2.70. The second-order valence-electron chi connectivity index (χ2n) is 7.93. The van der Waals surface area contributed by atoms with Gasteiger partial charge in [-0.05, 0) is 57.2 Å². The Morgan fingerprint density at radius 1 is 1.09 bits per heavy atom. The molecule has 0 spiro atoms. The van der Waals surface area contributed by atoms with Gasteiger partial charge in [-0.3, -0.25) is 4.79 Å². The van der Waals surface area contributed by atoms with E-state index in [0.29, 0.717) is 28.1 Å². The van der Waals surface area contributed by atoms with Crippen LogP contribution in [0.1, 0.15) is 27.2 Å². The number of anilines is 3. The maximum atomic E-state index is 13.4. The number of hydrogen-bond donors (Lipinski definition) is 3. The van der Waals surface area contributed by atoms with Crippen LogP contribution in [0.15, 0.2) is 42.7 Å². The van der Waals surface area contributed by atoms with Gasteiger partial charge in [-0.2, -0.15) is 0 Å². The number of hydrogen-bond acceptors (Lipinski definition) is 6. The number of ether oxygens (including phenoxy) is 1. The molecule has 0 fully saturated rings. The summed E-state index contributed by atoms with van der Waals surface area (Å²) in [4.78, 5) is 32.4. The zero-order valence-electron chi connectivity index (χ0n) is 17.8. The number of halogens is 2. The summed E-state index contributed by atoms with van der Waals surface area (Å²) >= 11 is 5.84. The highest BCUT2D eigenvalue weighted by Crippen LogP contribution is 2.27. The summed E-state index contributed by atoms with van der Waals surface area (Å²) in [5, 5.41) is 9.04. The maximum Gasteiger partial charge on any atom is 0.407 e. The number of nitrogens with zero attached hydrogens (tertiary/aromatic N) is 2. The molecule has 3 aromatic rings. The number of rotatable bonds is 6. The van der Waals surface area contributed by atoms with Crippen LogP contribution in [-0.4, -0.2) is 34.1 Å². The van der Waals surface area contributed by atoms with E-state index in [2.05, 4.69) is 25.9 Å². The number of alkyl carbamates (subject to hydrolysis) is 1. The Morgan fingerprint density at radius 3 is 2.56 bits per heavy atom. The smallest absolute Gasteiger partial charge is 0.407 e. The summed E-state index contributed by atoms with van der Waals surface area (Å²) in [5.74, 6) is -0.326. The van der Waals surface area contributed by atoms with E-state index < -0.39 is 17.5 Å². The molecule has 2 aromatic carbocycles. The van der Waals surface area contributed by atoms with E-state index in [9.17, 15) is 14.0 Å². The first kappa shape index (κ1) is 23.2. The highest BCUT2D eigenvalue weighted by molar-refractivity contribution is 6.31. The fraction of sp³-hybridized carbons (Fsp3) is 0.273. The van der Waals surface area contributed by atoms with Crippen LogP contribution in [0.2, 0.25) is 5.02 Å². The van der Waals surface area contributed by atoms with Crippen LogP contribution < -0.4 is 16.0 Å². The zero-order chi connectivity index (χ0) is 23.3. The van der Waals surface area contributed by atoms with Crippen LogP contribution in [0.3, 0.4) is 0 Å². The van der Waals surface area contributed by atoms with Gasteiger partial charge in [0.2, 0.25) is 5.91 Å². The highest BCUT2D eigenvalue weighted by Gasteiger charge is 2.16. The SMILES string of the molecule is CC(C)(C)OC(=O)NCCC(=O)Nc1ccc2ncnc(Nc3ccc(F)c(Cl)c3)c2c1. The lowest BCUT2D eigenvalue weighted by atomic mass is 10.2. The van der Waals surface area contributed by atoms with Crippen molar-refractivity contribution in [2.45, 2.75) is 32.8 Å². The summed E-state index contributed by atoms with van der Waals surface area (Å²) in [6, 6.07) is 9.43. The van der Waals surface area contributed by atoms with E-state index in [4.69, 9.17) is 16.3 Å². The number of carbonyl (C=O) groups excluding carboxylic acids is 2. The lowest BCUT2D eigenvalue weighted by Gasteiger charge is -2.19. The van der Waals surface area contributed by atoms with Crippen LogP contribution in [0.25, 0.3) is 10.9 Å². The van der Waals surface area contributed by atoms with Crippen molar-refractivity contribution < 1.29 is 18.7 Å². The van der Waals surface area contributed by atoms with Crippen molar-refractivity contribution in [3.8, 4) is 0 Å². The normalized spacial score (nSPS) is 11.2. The van der Waals surface area contributed by atoms with Crippen molar-refractivity contribution in [2.24, 2.45) is 0 Å². The van der Waals surface area contributed by atoms with E-state index in [1.807, 2.05) is 0 Å². The minimum absolute atomic E-state index is 0.0127. The predicted octanol–water partition coefficient (Wildman–Crippen LogP) is 5.02. The van der Waals surface area contributed by atoms with Crippen molar-refractivity contribution in [2.75, 3.05) is 17.2 Å². The number of amides is 2. The standard InChI is InChI=1S/C22H23ClFN5O3/c1-22(2,3)32-21(31)25-9-8-19(30)28-13-5-7-18-15(10-13)20(27-12-26-18)29-14-4-6-17(24)16(23)11-14/h4-7,10-12H,8-9H2,1-3H3,(H,25,31)(H,28,30)(H,26,27,29). The van der Waals surface area contributed by atoms with E-state index in [1.165, 1.54) is 18.5 Å². The monoisotopic (exact) mass is 459 g/mol. The van der Waals surface area contributed by atoms with Crippen LogP contribution >= 0.6 is 11.6 Å². The fourth-order valence-corrected chi connectivity index (χ4v) is 2.94. The Labute approximate surface area is 189 Å². The van der Waals surface area contributed by atoms with Gasteiger partial charge in [0.1, 0.15) is 23.6 Å². The number of fused-ring (bicyclic) bond motifs is 1. The summed E-state index contributed by atoms with van der Waals surface area (Å²) in [6.07, 6.45) is 0.891. The molecule has 0 aliphatic heterocycles. The second-order valence-corrected chi connectivity index (χ2v) is 8.34. The number of nitrogens with one attached hydrogen (secondary N) is 3. The Hall–Kier alpha value is -3.46. The summed E-state index contributed by atoms with van der Waals surface area (Å²) in [5.41, 5.74) is 1.14. The molecular formula is C22H23ClFN5O3. The van der Waals surface area contributed by atoms with Gasteiger partial charge in [0.25, 0.3) is 0 Å². The topological polar surface area (TPSA) is 105 Å². The van der Waals surface area contributed by atoms with Gasteiger partial charge in [-0.25, -0.2) is 19.2 Å². The van der Waals surface area contributed by atoms with Crippen LogP contribution in [0.4, 0.5) is 26.4 Å². The third-order valence-corrected chi connectivity index (χ3v) is 4.41. The molecule has 2 amide bonds. The Balaban J connectivity index is 1.66. The molecule has 1 heterocycles. The summed E-state index contributed by atoms with van der Waals surface area (Å²) < 4.78 is 18.5. The number of carbonyl (C=O) groups is 2. The molecule has 0 radical (unpaired) electrons. The molecule has 32 heavy (non-hydrogen) atoms. The first-order valence-corrected chi connectivity index (χ1v) is 10.2. The fourth-order valence-electron chi connectivity index (χ4n) is 2.76. The van der Waals surface area contributed by atoms with Crippen LogP contribution in [0.5, 0.6) is 0 Å². The lowest BCUT2D eigenvalue weighted by Crippen LogP contribution is -2.34. The second kappa shape index (κ2) is 9.78. The Morgan fingerprint density at radius 2 is 1.84 bits per heavy atom. The third kappa shape index (κ3) is 6.52. The largest absolute Gasteiger partial charge is 0.444 e. The Bertz CT molecular complexity index is 1150. The van der Waals surface area contributed by atoms with E-state index in [0.717, 1.165) is 0 Å². The molecule has 168 valence electrons. The van der Waals surface area contributed by atoms with Crippen molar-refractivity contribution in [3.63, 3.8) is 0 Å². The molecule has 10 heteroatoms. The average molecular weight is 460 g/mol. The predicted molar refractivity (Wildman–Crippen MR) is 122 cm³/mol. The van der Waals surface area contributed by atoms with Gasteiger partial charge in [-0.1, -0.05) is 11.6 Å². The first-order chi connectivity index (χ1) is 15.1. The number of benzene rings is 2. The lowest BCUT2D eigenvalue weighted by molar-refractivity contribution is -0.116. The minimum atomic E-state index is -0.607. The van der Waals surface area contributed by atoms with Gasteiger partial charge >= 0.3 is 6.09 Å². The van der Waals surface area contributed by atoms with E-state index in [1.54, 1.807) is 45.0 Å². The molecule has 1 aromatic heterocycles. The molecule has 0 saturated heterocycles. The molecule has 0 aliphatic carbocycles. The number of aromatic nitrogens is 2. The molecule has 0 bridgehead atoms. The molecule has 0 atom stereocenters. The third-order valence-electron chi connectivity index (χ3n) is 4.12. The highest BCUT2D eigenvalue weighted by atomic mass is 35.5.